The number of nitrogens with one attached hydrogen (secondary N) is 1. The molecule has 0 heterocycles. The number of nitrogens with zero attached hydrogens (tertiary/aromatic N) is 1. The fraction of sp³-hybridized carbons (Fsp3) is 0.222. The van der Waals surface area contributed by atoms with Crippen LogP contribution in [0.25, 0.3) is 0 Å². The molecule has 8 heteroatoms. The van der Waals surface area contributed by atoms with Gasteiger partial charge in [-0.15, -0.1) is 0 Å². The quantitative estimate of drug-likeness (QED) is 0.553. The van der Waals surface area contributed by atoms with Crippen LogP contribution in [0.1, 0.15) is 17.5 Å². The summed E-state index contributed by atoms with van der Waals surface area (Å²) in [4.78, 5) is 33.6. The second-order valence-electron chi connectivity index (χ2n) is 5.76. The highest BCUT2D eigenvalue weighted by Gasteiger charge is 2.21. The van der Waals surface area contributed by atoms with Crippen molar-refractivity contribution in [1.29, 1.82) is 0 Å². The minimum atomic E-state index is -1.04. The van der Waals surface area contributed by atoms with E-state index in [1.165, 1.54) is 6.07 Å². The van der Waals surface area contributed by atoms with Crippen molar-refractivity contribution < 1.29 is 18.9 Å². The molecule has 0 radical (unpaired) electrons. The third-order valence-electron chi connectivity index (χ3n) is 3.81. The van der Waals surface area contributed by atoms with E-state index in [9.17, 15) is 24.1 Å². The highest BCUT2D eigenvalue weighted by molar-refractivity contribution is 5.86. The van der Waals surface area contributed by atoms with Crippen molar-refractivity contribution in [3.63, 3.8) is 0 Å². The number of carbonyl (C=O) groups excluding carboxylic acids is 2. The van der Waals surface area contributed by atoms with Gasteiger partial charge in [-0.25, -0.2) is 0 Å². The first-order valence-corrected chi connectivity index (χ1v) is 7.92. The monoisotopic (exact) mass is 359 g/mol. The Morgan fingerprint density at radius 3 is 2.46 bits per heavy atom. The predicted octanol–water partition coefficient (Wildman–Crippen LogP) is 1.88. The Balaban J connectivity index is 2.00. The Labute approximate surface area is 149 Å². The normalized spacial score (nSPS) is 11.6. The van der Waals surface area contributed by atoms with Gasteiger partial charge >= 0.3 is 5.69 Å². The van der Waals surface area contributed by atoms with E-state index in [2.05, 4.69) is 5.32 Å². The summed E-state index contributed by atoms with van der Waals surface area (Å²) in [6.45, 7) is 0. The lowest BCUT2D eigenvalue weighted by atomic mass is 10.0. The largest absolute Gasteiger partial charge is 0.368 e. The highest BCUT2D eigenvalue weighted by atomic mass is 19.1. The lowest BCUT2D eigenvalue weighted by molar-refractivity contribution is -0.387. The van der Waals surface area contributed by atoms with Crippen LogP contribution in [0.4, 0.5) is 10.1 Å². The number of nitrogens with two attached hydrogens (primary N) is 1. The van der Waals surface area contributed by atoms with Gasteiger partial charge in [0.15, 0.2) is 0 Å². The van der Waals surface area contributed by atoms with E-state index in [0.717, 1.165) is 17.7 Å². The van der Waals surface area contributed by atoms with E-state index in [4.69, 9.17) is 5.73 Å². The molecular formula is C18H18FN3O4. The van der Waals surface area contributed by atoms with Gasteiger partial charge in [-0.3, -0.25) is 19.7 Å². The molecule has 7 nitrogen and oxygen atoms in total. The number of primary amides is 1. The predicted molar refractivity (Wildman–Crippen MR) is 92.6 cm³/mol. The van der Waals surface area contributed by atoms with E-state index >= 15 is 0 Å². The number of halogens is 1. The molecule has 0 aliphatic carbocycles. The maximum absolute atomic E-state index is 13.4. The van der Waals surface area contributed by atoms with Crippen LogP contribution in [0.3, 0.4) is 0 Å². The number of carbonyl (C=O) groups is 2. The molecule has 0 aliphatic heterocycles. The van der Waals surface area contributed by atoms with Crippen LogP contribution in [-0.4, -0.2) is 22.8 Å². The number of amides is 2. The molecule has 0 aliphatic rings. The molecule has 2 rings (SSSR count). The Morgan fingerprint density at radius 1 is 1.15 bits per heavy atom. The van der Waals surface area contributed by atoms with E-state index in [-0.39, 0.29) is 18.7 Å². The van der Waals surface area contributed by atoms with Gasteiger partial charge in [0, 0.05) is 18.9 Å². The topological polar surface area (TPSA) is 115 Å². The molecule has 2 aromatic carbocycles. The van der Waals surface area contributed by atoms with E-state index in [1.807, 2.05) is 30.3 Å². The molecule has 136 valence electrons. The average molecular weight is 359 g/mol. The summed E-state index contributed by atoms with van der Waals surface area (Å²) in [5.41, 5.74) is 5.92. The molecule has 0 bridgehead atoms. The third-order valence-corrected chi connectivity index (χ3v) is 3.81. The molecule has 3 N–H and O–H groups in total. The molecule has 2 aromatic rings. The van der Waals surface area contributed by atoms with Gasteiger partial charge in [0.25, 0.3) is 0 Å². The van der Waals surface area contributed by atoms with Gasteiger partial charge in [-0.2, -0.15) is 4.39 Å². The molecule has 0 spiro atoms. The van der Waals surface area contributed by atoms with E-state index < -0.39 is 28.4 Å². The number of rotatable bonds is 8. The molecule has 1 atom stereocenters. The van der Waals surface area contributed by atoms with Crippen molar-refractivity contribution in [2.75, 3.05) is 0 Å². The summed E-state index contributed by atoms with van der Waals surface area (Å²) >= 11 is 0. The lowest BCUT2D eigenvalue weighted by Crippen LogP contribution is -2.45. The zero-order valence-electron chi connectivity index (χ0n) is 13.9. The summed E-state index contributed by atoms with van der Waals surface area (Å²) in [7, 11) is 0. The summed E-state index contributed by atoms with van der Waals surface area (Å²) in [6, 6.07) is 11.6. The molecule has 26 heavy (non-hydrogen) atoms. The second-order valence-corrected chi connectivity index (χ2v) is 5.76. The van der Waals surface area contributed by atoms with Crippen molar-refractivity contribution in [3.05, 3.63) is 75.6 Å². The van der Waals surface area contributed by atoms with Gasteiger partial charge in [0.2, 0.25) is 17.6 Å². The first-order chi connectivity index (χ1) is 12.4. The lowest BCUT2D eigenvalue weighted by Gasteiger charge is -2.15. The number of nitro groups is 1. The number of benzene rings is 2. The first-order valence-electron chi connectivity index (χ1n) is 7.92. The summed E-state index contributed by atoms with van der Waals surface area (Å²) in [5, 5.41) is 13.3. The Bertz CT molecular complexity index is 811. The molecule has 0 saturated carbocycles. The SMILES string of the molecule is NC(=O)[C@@H](Cc1ccc(F)c([N+](=O)[O-])c1)NC(=O)CCc1ccccc1. The Kier molecular flexibility index (Phi) is 6.37. The van der Waals surface area contributed by atoms with Gasteiger partial charge in [0.1, 0.15) is 6.04 Å². The van der Waals surface area contributed by atoms with Crippen molar-refractivity contribution >= 4 is 17.5 Å². The zero-order valence-corrected chi connectivity index (χ0v) is 13.9. The van der Waals surface area contributed by atoms with Gasteiger partial charge in [-0.1, -0.05) is 36.4 Å². The number of hydrogen-bond acceptors (Lipinski definition) is 4. The van der Waals surface area contributed by atoms with E-state index in [0.29, 0.717) is 12.0 Å². The first kappa shape index (κ1) is 19.0. The van der Waals surface area contributed by atoms with Crippen LogP contribution in [0.15, 0.2) is 48.5 Å². The molecular weight excluding hydrogens is 341 g/mol. The molecule has 2 amide bonds. The average Bonchev–Trinajstić information content (AvgIpc) is 2.61. The molecule has 0 saturated heterocycles. The van der Waals surface area contributed by atoms with Crippen LogP contribution >= 0.6 is 0 Å². The van der Waals surface area contributed by atoms with Crippen LogP contribution in [0, 0.1) is 15.9 Å². The van der Waals surface area contributed by atoms with Gasteiger partial charge in [0.05, 0.1) is 4.92 Å². The zero-order chi connectivity index (χ0) is 19.1. The van der Waals surface area contributed by atoms with E-state index in [1.54, 1.807) is 0 Å². The minimum absolute atomic E-state index is 0.0620. The molecule has 0 unspecified atom stereocenters. The fourth-order valence-electron chi connectivity index (χ4n) is 2.45. The third kappa shape index (κ3) is 5.37. The second kappa shape index (κ2) is 8.70. The van der Waals surface area contributed by atoms with Gasteiger partial charge < -0.3 is 11.1 Å². The van der Waals surface area contributed by atoms with Crippen LogP contribution in [0.2, 0.25) is 0 Å². The number of hydrogen-bond donors (Lipinski definition) is 2. The standard InChI is InChI=1S/C18H18FN3O4/c19-14-8-6-13(11-16(14)22(25)26)10-15(18(20)24)21-17(23)9-7-12-4-2-1-3-5-12/h1-6,8,11,15H,7,9-10H2,(H2,20,24)(H,21,23)/t15-/m1/s1. The van der Waals surface area contributed by atoms with Gasteiger partial charge in [-0.05, 0) is 23.6 Å². The van der Waals surface area contributed by atoms with Crippen LogP contribution in [-0.2, 0) is 22.4 Å². The Morgan fingerprint density at radius 2 is 1.85 bits per heavy atom. The smallest absolute Gasteiger partial charge is 0.305 e. The molecule has 0 aromatic heterocycles. The summed E-state index contributed by atoms with van der Waals surface area (Å²) in [6.07, 6.45) is 0.602. The maximum atomic E-state index is 13.4. The number of nitro benzene ring substituents is 1. The van der Waals surface area contributed by atoms with Crippen molar-refractivity contribution in [3.8, 4) is 0 Å². The molecule has 0 fully saturated rings. The Hall–Kier alpha value is -3.29. The fourth-order valence-corrected chi connectivity index (χ4v) is 2.45. The minimum Gasteiger partial charge on any atom is -0.368 e. The van der Waals surface area contributed by atoms with Crippen molar-refractivity contribution in [2.45, 2.75) is 25.3 Å². The summed E-state index contributed by atoms with van der Waals surface area (Å²) < 4.78 is 13.4. The van der Waals surface area contributed by atoms with Crippen molar-refractivity contribution in [2.24, 2.45) is 5.73 Å². The van der Waals surface area contributed by atoms with Crippen molar-refractivity contribution in [1.82, 2.24) is 5.32 Å². The number of aryl methyl sites for hydroxylation is 1. The van der Waals surface area contributed by atoms with Crippen LogP contribution < -0.4 is 11.1 Å². The summed E-state index contributed by atoms with van der Waals surface area (Å²) in [5.74, 6) is -2.11. The highest BCUT2D eigenvalue weighted by Crippen LogP contribution is 2.19. The maximum Gasteiger partial charge on any atom is 0.305 e. The van der Waals surface area contributed by atoms with Crippen LogP contribution in [0.5, 0.6) is 0 Å².